The van der Waals surface area contributed by atoms with Crippen LogP contribution in [0.1, 0.15) is 24.5 Å². The second-order valence-electron chi connectivity index (χ2n) is 5.43. The lowest BCUT2D eigenvalue weighted by Gasteiger charge is -2.29. The number of rotatable bonds is 3. The third kappa shape index (κ3) is 2.45. The molecule has 0 radical (unpaired) electrons. The minimum Gasteiger partial charge on any atom is -0.313 e. The van der Waals surface area contributed by atoms with E-state index in [1.807, 2.05) is 62.4 Å². The van der Waals surface area contributed by atoms with E-state index in [9.17, 15) is 4.79 Å². The van der Waals surface area contributed by atoms with Crippen LogP contribution in [0.15, 0.2) is 48.5 Å². The van der Waals surface area contributed by atoms with Gasteiger partial charge in [-0.05, 0) is 42.7 Å². The van der Waals surface area contributed by atoms with Gasteiger partial charge in [0.05, 0.1) is 5.69 Å². The molecule has 114 valence electrons. The maximum absolute atomic E-state index is 12.5. The molecule has 2 N–H and O–H groups in total. The summed E-state index contributed by atoms with van der Waals surface area (Å²) in [5, 5.41) is 5.31. The molecule has 4 nitrogen and oxygen atoms in total. The van der Waals surface area contributed by atoms with Gasteiger partial charge in [0.25, 0.3) is 0 Å². The normalized spacial score (nSPS) is 21.0. The molecule has 2 amide bonds. The Morgan fingerprint density at radius 3 is 2.45 bits per heavy atom. The third-order valence-electron chi connectivity index (χ3n) is 4.05. The summed E-state index contributed by atoms with van der Waals surface area (Å²) < 4.78 is 0. The number of aryl methyl sites for hydroxylation is 1. The Hall–Kier alpha value is -2.04. The van der Waals surface area contributed by atoms with E-state index in [-0.39, 0.29) is 6.03 Å². The number of nitrogens with zero attached hydrogens (tertiary/aromatic N) is 1. The summed E-state index contributed by atoms with van der Waals surface area (Å²) in [7, 11) is 0. The maximum atomic E-state index is 12.5. The minimum absolute atomic E-state index is 0.161. The van der Waals surface area contributed by atoms with E-state index in [2.05, 4.69) is 10.7 Å². The third-order valence-corrected chi connectivity index (χ3v) is 4.30. The summed E-state index contributed by atoms with van der Waals surface area (Å²) in [5.41, 5.74) is 5.57. The SMILES string of the molecule is CC[C@@]1(c2ccc(Cl)cc2)NC(=O)N(c2ccccc2C)N1. The zero-order valence-electron chi connectivity index (χ0n) is 12.6. The number of urea groups is 1. The summed E-state index contributed by atoms with van der Waals surface area (Å²) in [6.07, 6.45) is 0.711. The molecular weight excluding hydrogens is 298 g/mol. The van der Waals surface area contributed by atoms with Gasteiger partial charge in [0, 0.05) is 5.02 Å². The zero-order valence-corrected chi connectivity index (χ0v) is 13.3. The Morgan fingerprint density at radius 1 is 1.14 bits per heavy atom. The highest BCUT2D eigenvalue weighted by Crippen LogP contribution is 2.31. The number of halogens is 1. The summed E-state index contributed by atoms with van der Waals surface area (Å²) >= 11 is 5.96. The summed E-state index contributed by atoms with van der Waals surface area (Å²) in [4.78, 5) is 12.5. The van der Waals surface area contributed by atoms with Crippen molar-refractivity contribution in [3.63, 3.8) is 0 Å². The lowest BCUT2D eigenvalue weighted by molar-refractivity contribution is 0.245. The van der Waals surface area contributed by atoms with E-state index >= 15 is 0 Å². The predicted octanol–water partition coefficient (Wildman–Crippen LogP) is 3.95. The van der Waals surface area contributed by atoms with E-state index in [1.54, 1.807) is 5.01 Å². The number of carbonyl (C=O) groups is 1. The van der Waals surface area contributed by atoms with Crippen LogP contribution in [0.2, 0.25) is 5.02 Å². The number of hydrogen-bond donors (Lipinski definition) is 2. The maximum Gasteiger partial charge on any atom is 0.338 e. The number of carbonyl (C=O) groups excluding carboxylic acids is 1. The van der Waals surface area contributed by atoms with Gasteiger partial charge in [0.1, 0.15) is 5.66 Å². The molecule has 0 saturated carbocycles. The molecule has 5 heteroatoms. The van der Waals surface area contributed by atoms with E-state index in [1.165, 1.54) is 0 Å². The molecule has 0 aromatic heterocycles. The van der Waals surface area contributed by atoms with Crippen molar-refractivity contribution in [2.45, 2.75) is 25.9 Å². The number of benzene rings is 2. The number of nitrogens with one attached hydrogen (secondary N) is 2. The highest BCUT2D eigenvalue weighted by molar-refractivity contribution is 6.30. The first-order valence-electron chi connectivity index (χ1n) is 7.27. The van der Waals surface area contributed by atoms with Gasteiger partial charge in [-0.2, -0.15) is 5.43 Å². The molecule has 1 aliphatic rings. The van der Waals surface area contributed by atoms with Crippen LogP contribution in [0.5, 0.6) is 0 Å². The van der Waals surface area contributed by atoms with Gasteiger partial charge in [0.2, 0.25) is 0 Å². The van der Waals surface area contributed by atoms with E-state index < -0.39 is 5.66 Å². The van der Waals surface area contributed by atoms with E-state index in [4.69, 9.17) is 11.6 Å². The summed E-state index contributed by atoms with van der Waals surface area (Å²) in [5.74, 6) is 0. The molecule has 1 aliphatic heterocycles. The Morgan fingerprint density at radius 2 is 1.82 bits per heavy atom. The monoisotopic (exact) mass is 315 g/mol. The fraction of sp³-hybridized carbons (Fsp3) is 0.235. The molecular formula is C17H18ClN3O. The number of para-hydroxylation sites is 1. The van der Waals surface area contributed by atoms with Gasteiger partial charge < -0.3 is 5.32 Å². The zero-order chi connectivity index (χ0) is 15.7. The van der Waals surface area contributed by atoms with Gasteiger partial charge >= 0.3 is 6.03 Å². The lowest BCUT2D eigenvalue weighted by atomic mass is 9.98. The van der Waals surface area contributed by atoms with Crippen molar-refractivity contribution in [3.05, 3.63) is 64.7 Å². The Bertz CT molecular complexity index is 701. The molecule has 1 atom stereocenters. The van der Waals surface area contributed by atoms with Crippen LogP contribution < -0.4 is 15.8 Å². The fourth-order valence-corrected chi connectivity index (χ4v) is 2.86. The molecule has 22 heavy (non-hydrogen) atoms. The van der Waals surface area contributed by atoms with Gasteiger partial charge in [-0.25, -0.2) is 9.80 Å². The Kier molecular flexibility index (Phi) is 3.81. The number of amides is 2. The van der Waals surface area contributed by atoms with Crippen LogP contribution in [0.25, 0.3) is 0 Å². The quantitative estimate of drug-likeness (QED) is 0.901. The number of hydrogen-bond acceptors (Lipinski definition) is 2. The van der Waals surface area contributed by atoms with Crippen LogP contribution in [-0.4, -0.2) is 6.03 Å². The first-order valence-corrected chi connectivity index (χ1v) is 7.65. The van der Waals surface area contributed by atoms with Crippen LogP contribution in [0, 0.1) is 6.92 Å². The molecule has 0 unspecified atom stereocenters. The molecule has 0 spiro atoms. The number of hydrazine groups is 1. The first kappa shape index (κ1) is 14.9. The Balaban J connectivity index is 1.98. The van der Waals surface area contributed by atoms with Crippen molar-refractivity contribution >= 4 is 23.3 Å². The van der Waals surface area contributed by atoms with Crippen molar-refractivity contribution < 1.29 is 4.79 Å². The molecule has 1 heterocycles. The Labute approximate surface area is 135 Å². The van der Waals surface area contributed by atoms with Gasteiger partial charge in [-0.3, -0.25) is 0 Å². The summed E-state index contributed by atoms with van der Waals surface area (Å²) in [6, 6.07) is 15.2. The van der Waals surface area contributed by atoms with Crippen molar-refractivity contribution in [3.8, 4) is 0 Å². The van der Waals surface area contributed by atoms with Crippen molar-refractivity contribution in [2.24, 2.45) is 0 Å². The van der Waals surface area contributed by atoms with Crippen molar-refractivity contribution in [2.75, 3.05) is 5.01 Å². The highest BCUT2D eigenvalue weighted by atomic mass is 35.5. The largest absolute Gasteiger partial charge is 0.338 e. The van der Waals surface area contributed by atoms with Gasteiger partial charge in [-0.1, -0.05) is 48.9 Å². The van der Waals surface area contributed by atoms with Crippen molar-refractivity contribution in [1.82, 2.24) is 10.7 Å². The minimum atomic E-state index is -0.621. The highest BCUT2D eigenvalue weighted by Gasteiger charge is 2.43. The molecule has 0 aliphatic carbocycles. The van der Waals surface area contributed by atoms with Crippen LogP contribution >= 0.6 is 11.6 Å². The molecule has 1 saturated heterocycles. The second kappa shape index (κ2) is 5.63. The molecule has 3 rings (SSSR count). The average Bonchev–Trinajstić information content (AvgIpc) is 2.86. The second-order valence-corrected chi connectivity index (χ2v) is 5.87. The number of anilines is 1. The predicted molar refractivity (Wildman–Crippen MR) is 88.7 cm³/mol. The first-order chi connectivity index (χ1) is 10.6. The topological polar surface area (TPSA) is 44.4 Å². The van der Waals surface area contributed by atoms with E-state index in [0.717, 1.165) is 16.8 Å². The summed E-state index contributed by atoms with van der Waals surface area (Å²) in [6.45, 7) is 4.02. The van der Waals surface area contributed by atoms with Gasteiger partial charge in [0.15, 0.2) is 0 Å². The molecule has 2 aromatic carbocycles. The lowest BCUT2D eigenvalue weighted by Crippen LogP contribution is -2.48. The molecule has 1 fully saturated rings. The van der Waals surface area contributed by atoms with Crippen LogP contribution in [0.4, 0.5) is 10.5 Å². The molecule has 0 bridgehead atoms. The van der Waals surface area contributed by atoms with Crippen LogP contribution in [-0.2, 0) is 5.66 Å². The fourth-order valence-electron chi connectivity index (χ4n) is 2.73. The van der Waals surface area contributed by atoms with Crippen molar-refractivity contribution in [1.29, 1.82) is 0 Å². The average molecular weight is 316 g/mol. The smallest absolute Gasteiger partial charge is 0.313 e. The standard InChI is InChI=1S/C17H18ClN3O/c1-3-17(13-8-10-14(18)11-9-13)19-16(22)21(20-17)15-7-5-4-6-12(15)2/h4-11,20H,3H2,1-2H3,(H,19,22)/t17-/m1/s1. The van der Waals surface area contributed by atoms with Crippen LogP contribution in [0.3, 0.4) is 0 Å². The van der Waals surface area contributed by atoms with Gasteiger partial charge in [-0.15, -0.1) is 0 Å². The molecule has 2 aromatic rings. The van der Waals surface area contributed by atoms with E-state index in [0.29, 0.717) is 11.4 Å².